The second kappa shape index (κ2) is 8.38. The third-order valence-electron chi connectivity index (χ3n) is 5.84. The second-order valence-electron chi connectivity index (χ2n) is 8.23. The Labute approximate surface area is 169 Å². The summed E-state index contributed by atoms with van der Waals surface area (Å²) >= 11 is 0. The normalized spacial score (nSPS) is 25.9. The number of carbonyl (C=O) groups excluding carboxylic acids is 5. The maximum absolute atomic E-state index is 12.5. The Bertz CT molecular complexity index is 715. The minimum absolute atomic E-state index is 0.0369. The predicted octanol–water partition coefficient (Wildman–Crippen LogP) is 0.797. The van der Waals surface area contributed by atoms with Crippen LogP contribution in [0.4, 0.5) is 9.59 Å². The summed E-state index contributed by atoms with van der Waals surface area (Å²) in [5, 5.41) is 7.53. The molecule has 1 saturated heterocycles. The largest absolute Gasteiger partial charge is 0.451 e. The average Bonchev–Trinajstić information content (AvgIpc) is 3.48. The molecule has 29 heavy (non-hydrogen) atoms. The van der Waals surface area contributed by atoms with E-state index in [0.29, 0.717) is 0 Å². The number of rotatable bonds is 6. The number of hydrogen-bond donors (Lipinski definition) is 3. The van der Waals surface area contributed by atoms with Gasteiger partial charge in [-0.05, 0) is 45.4 Å². The zero-order valence-electron chi connectivity index (χ0n) is 16.8. The maximum Gasteiger partial charge on any atom is 0.327 e. The highest BCUT2D eigenvalue weighted by atomic mass is 16.5. The number of amides is 6. The fourth-order valence-electron chi connectivity index (χ4n) is 3.90. The van der Waals surface area contributed by atoms with Gasteiger partial charge in [-0.25, -0.2) is 9.59 Å². The molecule has 0 aromatic rings. The molecule has 2 atom stereocenters. The highest BCUT2D eigenvalue weighted by Crippen LogP contribution is 2.42. The number of esters is 1. The summed E-state index contributed by atoms with van der Waals surface area (Å²) in [4.78, 5) is 61.5. The lowest BCUT2D eigenvalue weighted by Gasteiger charge is -2.23. The summed E-state index contributed by atoms with van der Waals surface area (Å²) in [6.45, 7) is 2.39. The Kier molecular flexibility index (Phi) is 6.09. The van der Waals surface area contributed by atoms with Crippen LogP contribution in [0.5, 0.6) is 0 Å². The number of nitrogens with one attached hydrogen (secondary N) is 3. The van der Waals surface area contributed by atoms with Crippen LogP contribution >= 0.6 is 0 Å². The van der Waals surface area contributed by atoms with Gasteiger partial charge < -0.3 is 15.4 Å². The smallest absolute Gasteiger partial charge is 0.327 e. The van der Waals surface area contributed by atoms with Crippen molar-refractivity contribution in [2.45, 2.75) is 76.5 Å². The van der Waals surface area contributed by atoms with E-state index in [9.17, 15) is 24.0 Å². The van der Waals surface area contributed by atoms with Gasteiger partial charge in [0.05, 0.1) is 0 Å². The van der Waals surface area contributed by atoms with Crippen molar-refractivity contribution >= 4 is 29.8 Å². The van der Waals surface area contributed by atoms with Crippen molar-refractivity contribution in [3.05, 3.63) is 0 Å². The van der Waals surface area contributed by atoms with E-state index < -0.39 is 48.0 Å². The van der Waals surface area contributed by atoms with E-state index in [1.165, 1.54) is 6.92 Å². The van der Waals surface area contributed by atoms with E-state index in [4.69, 9.17) is 4.74 Å². The first-order chi connectivity index (χ1) is 13.7. The molecule has 0 aromatic heterocycles. The van der Waals surface area contributed by atoms with Crippen LogP contribution in [0.25, 0.3) is 0 Å². The Hall–Kier alpha value is -2.65. The van der Waals surface area contributed by atoms with Gasteiger partial charge in [-0.15, -0.1) is 0 Å². The summed E-state index contributed by atoms with van der Waals surface area (Å²) in [6.07, 6.45) is 5.42. The third kappa shape index (κ3) is 4.86. The third-order valence-corrected chi connectivity index (χ3v) is 5.84. The fourth-order valence-corrected chi connectivity index (χ4v) is 3.90. The topological polar surface area (TPSA) is 134 Å². The highest BCUT2D eigenvalue weighted by Gasteiger charge is 2.56. The van der Waals surface area contributed by atoms with Crippen LogP contribution in [-0.2, 0) is 19.1 Å². The molecule has 0 unspecified atom stereocenters. The fraction of sp³-hybridized carbons (Fsp3) is 0.737. The summed E-state index contributed by atoms with van der Waals surface area (Å²) in [6, 6.07) is -1.24. The molecule has 3 rings (SSSR count). The summed E-state index contributed by atoms with van der Waals surface area (Å²) in [5.41, 5.74) is -0.989. The monoisotopic (exact) mass is 408 g/mol. The molecule has 2 saturated carbocycles. The van der Waals surface area contributed by atoms with Gasteiger partial charge in [0.2, 0.25) is 0 Å². The molecule has 1 heterocycles. The Morgan fingerprint density at radius 3 is 2.45 bits per heavy atom. The Morgan fingerprint density at radius 1 is 1.17 bits per heavy atom. The van der Waals surface area contributed by atoms with Crippen molar-refractivity contribution in [3.8, 4) is 0 Å². The van der Waals surface area contributed by atoms with Gasteiger partial charge in [-0.1, -0.05) is 19.3 Å². The number of urea groups is 2. The minimum atomic E-state index is -1.24. The molecule has 10 nitrogen and oxygen atoms in total. The van der Waals surface area contributed by atoms with Crippen LogP contribution in [0.15, 0.2) is 0 Å². The predicted molar refractivity (Wildman–Crippen MR) is 100 cm³/mol. The Balaban J connectivity index is 1.44. The number of imide groups is 2. The molecule has 160 valence electrons. The molecule has 1 aliphatic heterocycles. The van der Waals surface area contributed by atoms with Gasteiger partial charge in [0.25, 0.3) is 11.8 Å². The first-order valence-electron chi connectivity index (χ1n) is 10.2. The molecule has 0 radical (unpaired) electrons. The zero-order chi connectivity index (χ0) is 21.2. The lowest BCUT2D eigenvalue weighted by Crippen LogP contribution is -2.49. The first-order valence-corrected chi connectivity index (χ1v) is 10.2. The first kappa shape index (κ1) is 21.1. The van der Waals surface area contributed by atoms with Gasteiger partial charge in [0, 0.05) is 6.04 Å². The van der Waals surface area contributed by atoms with Gasteiger partial charge in [-0.2, -0.15) is 0 Å². The number of ether oxygens (including phenoxy) is 1. The van der Waals surface area contributed by atoms with Gasteiger partial charge in [-0.3, -0.25) is 24.6 Å². The molecule has 0 bridgehead atoms. The van der Waals surface area contributed by atoms with Crippen molar-refractivity contribution < 1.29 is 28.7 Å². The second-order valence-corrected chi connectivity index (χ2v) is 8.23. The lowest BCUT2D eigenvalue weighted by molar-refractivity contribution is -0.156. The van der Waals surface area contributed by atoms with Crippen LogP contribution in [-0.4, -0.2) is 59.0 Å². The number of nitrogens with zero attached hydrogens (tertiary/aromatic N) is 1. The molecule has 3 aliphatic rings. The van der Waals surface area contributed by atoms with E-state index in [0.717, 1.165) is 49.8 Å². The average molecular weight is 408 g/mol. The van der Waals surface area contributed by atoms with Gasteiger partial charge >= 0.3 is 18.0 Å². The molecule has 6 amide bonds. The standard InChI is InChI=1S/C19H28N4O6/c1-11(15(25)21-17(27)20-13-6-4-3-5-7-13)29-14(24)10-23-16(26)19(2,12-8-9-12)22-18(23)28/h11-13H,3-10H2,1-2H3,(H,22,28)(H2,20,21,25,27)/t11-,19+/m1/s1. The molecule has 2 aliphatic carbocycles. The molecule has 0 spiro atoms. The molecular formula is C19H28N4O6. The van der Waals surface area contributed by atoms with Crippen LogP contribution in [0.3, 0.4) is 0 Å². The molecule has 10 heteroatoms. The summed E-state index contributed by atoms with van der Waals surface area (Å²) in [5.74, 6) is -2.06. The minimum Gasteiger partial charge on any atom is -0.451 e. The molecular weight excluding hydrogens is 380 g/mol. The van der Waals surface area contributed by atoms with Crippen molar-refractivity contribution in [1.82, 2.24) is 20.9 Å². The summed E-state index contributed by atoms with van der Waals surface area (Å²) in [7, 11) is 0. The van der Waals surface area contributed by atoms with Crippen LogP contribution in [0, 0.1) is 5.92 Å². The van der Waals surface area contributed by atoms with Crippen molar-refractivity contribution in [2.75, 3.05) is 6.54 Å². The Morgan fingerprint density at radius 2 is 1.83 bits per heavy atom. The quantitative estimate of drug-likeness (QED) is 0.440. The maximum atomic E-state index is 12.5. The van der Waals surface area contributed by atoms with E-state index in [2.05, 4.69) is 16.0 Å². The van der Waals surface area contributed by atoms with Gasteiger partial charge in [0.15, 0.2) is 6.10 Å². The zero-order valence-corrected chi connectivity index (χ0v) is 16.8. The van der Waals surface area contributed by atoms with Crippen molar-refractivity contribution in [3.63, 3.8) is 0 Å². The van der Waals surface area contributed by atoms with Crippen LogP contribution in [0.2, 0.25) is 0 Å². The lowest BCUT2D eigenvalue weighted by atomic mass is 9.96. The van der Waals surface area contributed by atoms with Crippen LogP contribution in [0.1, 0.15) is 58.8 Å². The van der Waals surface area contributed by atoms with Crippen molar-refractivity contribution in [2.24, 2.45) is 5.92 Å². The van der Waals surface area contributed by atoms with E-state index >= 15 is 0 Å². The molecule has 3 N–H and O–H groups in total. The molecule has 0 aromatic carbocycles. The number of carbonyl (C=O) groups is 5. The van der Waals surface area contributed by atoms with Gasteiger partial charge in [0.1, 0.15) is 12.1 Å². The van der Waals surface area contributed by atoms with Crippen molar-refractivity contribution in [1.29, 1.82) is 0 Å². The molecule has 3 fully saturated rings. The van der Waals surface area contributed by atoms with E-state index in [-0.39, 0.29) is 12.0 Å². The van der Waals surface area contributed by atoms with Crippen LogP contribution < -0.4 is 16.0 Å². The van der Waals surface area contributed by atoms with E-state index in [1.54, 1.807) is 6.92 Å². The highest BCUT2D eigenvalue weighted by molar-refractivity contribution is 6.09. The van der Waals surface area contributed by atoms with E-state index in [1.807, 2.05) is 0 Å². The number of hydrogen-bond acceptors (Lipinski definition) is 6. The summed E-state index contributed by atoms with van der Waals surface area (Å²) < 4.78 is 5.00. The SMILES string of the molecule is C[C@@H](OC(=O)CN1C(=O)N[C@@](C)(C2CC2)C1=O)C(=O)NC(=O)NC1CCCCC1.